The average molecular weight is 522 g/mol. The number of nitrogens with zero attached hydrogens (tertiary/aromatic N) is 2. The topological polar surface area (TPSA) is 113 Å². The van der Waals surface area contributed by atoms with Crippen LogP contribution in [0.2, 0.25) is 0 Å². The van der Waals surface area contributed by atoms with E-state index in [0.717, 1.165) is 10.8 Å². The second-order valence-corrected chi connectivity index (χ2v) is 10.5. The Morgan fingerprint density at radius 2 is 1.54 bits per heavy atom. The van der Waals surface area contributed by atoms with Crippen molar-refractivity contribution in [3.63, 3.8) is 0 Å². The van der Waals surface area contributed by atoms with E-state index in [1.54, 1.807) is 42.5 Å². The van der Waals surface area contributed by atoms with Crippen molar-refractivity contribution >= 4 is 44.7 Å². The van der Waals surface area contributed by atoms with E-state index in [1.165, 1.54) is 22.2 Å². The molecule has 0 unspecified atom stereocenters. The van der Waals surface area contributed by atoms with Gasteiger partial charge in [-0.05, 0) is 34.5 Å². The van der Waals surface area contributed by atoms with Crippen molar-refractivity contribution in [2.45, 2.75) is 11.8 Å². The Hall–Kier alpha value is -4.02. The van der Waals surface area contributed by atoms with Gasteiger partial charge in [0.2, 0.25) is 15.9 Å². The number of carbonyl (C=O) groups is 3. The number of ether oxygens (including phenoxy) is 1. The van der Waals surface area contributed by atoms with Crippen LogP contribution in [-0.4, -0.2) is 68.2 Å². The largest absolute Gasteiger partial charge is 0.451 e. The number of hydrogen-bond donors (Lipinski definition) is 1. The molecule has 1 N–H and O–H groups in total. The third-order valence-corrected chi connectivity index (χ3v) is 7.81. The molecule has 2 amide bonds. The first-order valence-electron chi connectivity index (χ1n) is 11.7. The van der Waals surface area contributed by atoms with Gasteiger partial charge in [-0.1, -0.05) is 60.7 Å². The molecule has 37 heavy (non-hydrogen) atoms. The van der Waals surface area contributed by atoms with E-state index in [-0.39, 0.29) is 36.8 Å². The fourth-order valence-corrected chi connectivity index (χ4v) is 5.46. The number of fused-ring (bicyclic) bond motifs is 1. The lowest BCUT2D eigenvalue weighted by molar-refractivity contribution is -0.150. The van der Waals surface area contributed by atoms with Crippen molar-refractivity contribution < 1.29 is 27.5 Å². The van der Waals surface area contributed by atoms with Gasteiger partial charge in [0.25, 0.3) is 5.91 Å². The van der Waals surface area contributed by atoms with Gasteiger partial charge in [0.05, 0.1) is 4.90 Å². The predicted molar refractivity (Wildman–Crippen MR) is 138 cm³/mol. The number of carbonyl (C=O) groups excluding carboxylic acids is 3. The van der Waals surface area contributed by atoms with Crippen LogP contribution in [0.5, 0.6) is 0 Å². The Bertz CT molecular complexity index is 1450. The van der Waals surface area contributed by atoms with E-state index in [1.807, 2.05) is 30.3 Å². The van der Waals surface area contributed by atoms with Crippen LogP contribution in [0.4, 0.5) is 0 Å². The summed E-state index contributed by atoms with van der Waals surface area (Å²) in [5.41, 5.74) is 0.594. The highest BCUT2D eigenvalue weighted by Crippen LogP contribution is 2.23. The van der Waals surface area contributed by atoms with Crippen molar-refractivity contribution in [1.82, 2.24) is 14.5 Å². The summed E-state index contributed by atoms with van der Waals surface area (Å²) in [5, 5.41) is 4.21. The van der Waals surface area contributed by atoms with Crippen LogP contribution < -0.4 is 5.32 Å². The molecule has 1 heterocycles. The molecule has 0 saturated carbocycles. The number of amides is 2. The SMILES string of the molecule is CC(=O)N/C(=C/c1ccccc1)C(=O)OCC(=O)N1CCN(S(=O)(=O)c2ccc3ccccc3c2)CC1. The minimum absolute atomic E-state index is 0.0854. The molecule has 1 fully saturated rings. The zero-order valence-corrected chi connectivity index (χ0v) is 21.1. The number of nitrogens with one attached hydrogen (secondary N) is 1. The lowest BCUT2D eigenvalue weighted by Crippen LogP contribution is -2.51. The van der Waals surface area contributed by atoms with Gasteiger partial charge in [-0.2, -0.15) is 4.31 Å². The van der Waals surface area contributed by atoms with E-state index in [0.29, 0.717) is 5.56 Å². The molecule has 3 aromatic carbocycles. The molecule has 1 aliphatic rings. The normalized spacial score (nSPS) is 14.8. The molecule has 0 spiro atoms. The summed E-state index contributed by atoms with van der Waals surface area (Å²) < 4.78 is 32.8. The lowest BCUT2D eigenvalue weighted by Gasteiger charge is -2.34. The molecule has 4 rings (SSSR count). The summed E-state index contributed by atoms with van der Waals surface area (Å²) in [6, 6.07) is 21.4. The first-order chi connectivity index (χ1) is 17.7. The molecule has 1 saturated heterocycles. The van der Waals surface area contributed by atoms with E-state index < -0.39 is 34.4 Å². The van der Waals surface area contributed by atoms with Gasteiger partial charge in [-0.25, -0.2) is 13.2 Å². The highest BCUT2D eigenvalue weighted by Gasteiger charge is 2.30. The van der Waals surface area contributed by atoms with Crippen molar-refractivity contribution in [2.24, 2.45) is 0 Å². The fourth-order valence-electron chi connectivity index (χ4n) is 4.00. The number of esters is 1. The summed E-state index contributed by atoms with van der Waals surface area (Å²) >= 11 is 0. The Labute approximate surface area is 215 Å². The van der Waals surface area contributed by atoms with Crippen LogP contribution in [0.3, 0.4) is 0 Å². The Kier molecular flexibility index (Phi) is 8.00. The van der Waals surface area contributed by atoms with Crippen LogP contribution in [0.15, 0.2) is 83.4 Å². The molecular formula is C27H27N3O6S. The van der Waals surface area contributed by atoms with Crippen molar-refractivity contribution in [1.29, 1.82) is 0 Å². The van der Waals surface area contributed by atoms with Crippen molar-refractivity contribution in [3.05, 3.63) is 84.1 Å². The summed E-state index contributed by atoms with van der Waals surface area (Å²) in [4.78, 5) is 38.4. The maximum Gasteiger partial charge on any atom is 0.355 e. The second-order valence-electron chi connectivity index (χ2n) is 8.52. The molecule has 10 heteroatoms. The lowest BCUT2D eigenvalue weighted by atomic mass is 10.1. The third-order valence-electron chi connectivity index (χ3n) is 5.92. The van der Waals surface area contributed by atoms with E-state index in [4.69, 9.17) is 4.74 Å². The molecule has 1 aliphatic heterocycles. The van der Waals surface area contributed by atoms with E-state index >= 15 is 0 Å². The molecule has 0 aliphatic carbocycles. The first-order valence-corrected chi connectivity index (χ1v) is 13.2. The van der Waals surface area contributed by atoms with Gasteiger partial charge < -0.3 is 15.0 Å². The second kappa shape index (κ2) is 11.4. The van der Waals surface area contributed by atoms with Gasteiger partial charge in [0.1, 0.15) is 5.70 Å². The molecule has 3 aromatic rings. The summed E-state index contributed by atoms with van der Waals surface area (Å²) in [6.45, 7) is 1.33. The minimum atomic E-state index is -3.72. The van der Waals surface area contributed by atoms with E-state index in [9.17, 15) is 22.8 Å². The van der Waals surface area contributed by atoms with Crippen LogP contribution >= 0.6 is 0 Å². The van der Waals surface area contributed by atoms with Crippen LogP contribution in [0.1, 0.15) is 12.5 Å². The van der Waals surface area contributed by atoms with Crippen molar-refractivity contribution in [2.75, 3.05) is 32.8 Å². The van der Waals surface area contributed by atoms with Gasteiger partial charge in [-0.15, -0.1) is 0 Å². The van der Waals surface area contributed by atoms with Gasteiger partial charge >= 0.3 is 5.97 Å². The highest BCUT2D eigenvalue weighted by atomic mass is 32.2. The minimum Gasteiger partial charge on any atom is -0.451 e. The summed E-state index contributed by atoms with van der Waals surface area (Å²) in [6.07, 6.45) is 1.46. The number of benzene rings is 3. The summed E-state index contributed by atoms with van der Waals surface area (Å²) in [5.74, 6) is -1.74. The molecule has 0 aromatic heterocycles. The Morgan fingerprint density at radius 1 is 0.892 bits per heavy atom. The molecule has 192 valence electrons. The monoisotopic (exact) mass is 521 g/mol. The number of hydrogen-bond acceptors (Lipinski definition) is 6. The van der Waals surface area contributed by atoms with Crippen LogP contribution in [-0.2, 0) is 29.1 Å². The van der Waals surface area contributed by atoms with Gasteiger partial charge in [-0.3, -0.25) is 9.59 Å². The number of piperazine rings is 1. The fraction of sp³-hybridized carbons (Fsp3) is 0.222. The highest BCUT2D eigenvalue weighted by molar-refractivity contribution is 7.89. The molecule has 0 atom stereocenters. The van der Waals surface area contributed by atoms with Crippen molar-refractivity contribution in [3.8, 4) is 0 Å². The van der Waals surface area contributed by atoms with E-state index in [2.05, 4.69) is 5.32 Å². The predicted octanol–water partition coefficient (Wildman–Crippen LogP) is 2.39. The molecule has 9 nitrogen and oxygen atoms in total. The Morgan fingerprint density at radius 3 is 2.22 bits per heavy atom. The summed E-state index contributed by atoms with van der Waals surface area (Å²) in [7, 11) is -3.72. The Balaban J connectivity index is 1.34. The molecular weight excluding hydrogens is 494 g/mol. The molecule has 0 radical (unpaired) electrons. The first kappa shape index (κ1) is 26.1. The quantitative estimate of drug-likeness (QED) is 0.377. The number of sulfonamides is 1. The third kappa shape index (κ3) is 6.41. The van der Waals surface area contributed by atoms with Crippen LogP contribution in [0, 0.1) is 0 Å². The van der Waals surface area contributed by atoms with Gasteiger partial charge in [0, 0.05) is 33.1 Å². The van der Waals surface area contributed by atoms with Crippen LogP contribution in [0.25, 0.3) is 16.8 Å². The van der Waals surface area contributed by atoms with Gasteiger partial charge in [0.15, 0.2) is 6.61 Å². The maximum atomic E-state index is 13.1. The zero-order valence-electron chi connectivity index (χ0n) is 20.3. The average Bonchev–Trinajstić information content (AvgIpc) is 2.91. The maximum absolute atomic E-state index is 13.1. The molecule has 0 bridgehead atoms. The number of rotatable bonds is 7. The standard InChI is InChI=1S/C27H27N3O6S/c1-20(31)28-25(17-21-7-3-2-4-8-21)27(33)36-19-26(32)29-13-15-30(16-14-29)37(34,35)24-12-11-22-9-5-6-10-23(22)18-24/h2-12,17-18H,13-16,19H2,1H3,(H,28,31)/b25-17+. The smallest absolute Gasteiger partial charge is 0.355 e. The zero-order chi connectivity index (χ0) is 26.4.